The average molecular weight is 273 g/mol. The number of nitrogens with one attached hydrogen (secondary N) is 1. The Balaban J connectivity index is 2.55. The number of phenolic OH excluding ortho intramolecular Hbond substituents is 1. The zero-order valence-corrected chi connectivity index (χ0v) is 10.7. The molecule has 0 spiro atoms. The Morgan fingerprint density at radius 3 is 2.50 bits per heavy atom. The highest BCUT2D eigenvalue weighted by atomic mass is 32.2. The van der Waals surface area contributed by atoms with E-state index < -0.39 is 15.8 Å². The van der Waals surface area contributed by atoms with Crippen molar-refractivity contribution in [2.24, 2.45) is 0 Å². The van der Waals surface area contributed by atoms with Crippen LogP contribution in [0.4, 0.5) is 0 Å². The van der Waals surface area contributed by atoms with E-state index in [1.165, 1.54) is 24.3 Å². The van der Waals surface area contributed by atoms with Crippen molar-refractivity contribution in [2.45, 2.75) is 11.8 Å². The Morgan fingerprint density at radius 1 is 1.33 bits per heavy atom. The number of esters is 1. The summed E-state index contributed by atoms with van der Waals surface area (Å²) < 4.78 is 28.2. The van der Waals surface area contributed by atoms with Crippen LogP contribution in [-0.4, -0.2) is 38.5 Å². The normalized spacial score (nSPS) is 11.2. The fraction of sp³-hybridized carbons (Fsp3) is 0.364. The predicted molar refractivity (Wildman–Crippen MR) is 64.8 cm³/mol. The molecule has 0 amide bonds. The number of hydrogen-bond acceptors (Lipinski definition) is 6. The lowest BCUT2D eigenvalue weighted by atomic mass is 10.3. The minimum atomic E-state index is -3.52. The van der Waals surface area contributed by atoms with Crippen molar-refractivity contribution in [1.82, 2.24) is 5.32 Å². The summed E-state index contributed by atoms with van der Waals surface area (Å²) in [6.07, 6.45) is 0. The lowest BCUT2D eigenvalue weighted by molar-refractivity contribution is -0.141. The molecule has 0 fully saturated rings. The first-order valence-electron chi connectivity index (χ1n) is 5.34. The molecule has 18 heavy (non-hydrogen) atoms. The van der Waals surface area contributed by atoms with E-state index in [1.54, 1.807) is 6.92 Å². The predicted octanol–water partition coefficient (Wildman–Crippen LogP) is 0.276. The minimum Gasteiger partial charge on any atom is -0.508 e. The van der Waals surface area contributed by atoms with Crippen molar-refractivity contribution in [2.75, 3.05) is 19.0 Å². The van der Waals surface area contributed by atoms with Gasteiger partial charge in [0, 0.05) is 0 Å². The van der Waals surface area contributed by atoms with Crippen molar-refractivity contribution in [3.63, 3.8) is 0 Å². The van der Waals surface area contributed by atoms with Crippen LogP contribution in [0.5, 0.6) is 5.75 Å². The summed E-state index contributed by atoms with van der Waals surface area (Å²) in [5.74, 6) is -0.872. The Hall–Kier alpha value is -1.60. The van der Waals surface area contributed by atoms with Gasteiger partial charge in [0.1, 0.15) is 11.6 Å². The van der Waals surface area contributed by atoms with Gasteiger partial charge in [0.25, 0.3) is 0 Å². The first kappa shape index (κ1) is 14.5. The molecule has 0 atom stereocenters. The van der Waals surface area contributed by atoms with E-state index in [4.69, 9.17) is 5.11 Å². The van der Waals surface area contributed by atoms with Gasteiger partial charge in [-0.05, 0) is 31.2 Å². The molecule has 0 bridgehead atoms. The summed E-state index contributed by atoms with van der Waals surface area (Å²) in [7, 11) is -3.52. The van der Waals surface area contributed by atoms with Crippen molar-refractivity contribution in [3.8, 4) is 5.75 Å². The molecule has 0 aliphatic rings. The number of rotatable bonds is 6. The number of hydrogen-bond donors (Lipinski definition) is 2. The molecule has 0 unspecified atom stereocenters. The van der Waals surface area contributed by atoms with Gasteiger partial charge >= 0.3 is 5.97 Å². The maximum absolute atomic E-state index is 11.8. The summed E-state index contributed by atoms with van der Waals surface area (Å²) in [5.41, 5.74) is 0. The van der Waals surface area contributed by atoms with Crippen LogP contribution < -0.4 is 5.32 Å². The fourth-order valence-electron chi connectivity index (χ4n) is 1.24. The largest absolute Gasteiger partial charge is 0.508 e. The zero-order valence-electron chi connectivity index (χ0n) is 9.92. The Morgan fingerprint density at radius 2 is 1.94 bits per heavy atom. The van der Waals surface area contributed by atoms with E-state index >= 15 is 0 Å². The standard InChI is InChI=1S/C11H15NO5S/c1-2-17-11(14)7-12-8-18(15,16)10-5-3-9(13)4-6-10/h3-6,12-13H,2,7-8H2,1H3. The third-order valence-electron chi connectivity index (χ3n) is 2.06. The maximum atomic E-state index is 11.8. The van der Waals surface area contributed by atoms with Crippen LogP contribution in [0.1, 0.15) is 6.92 Å². The second kappa shape index (κ2) is 6.36. The molecule has 100 valence electrons. The molecule has 0 saturated carbocycles. The van der Waals surface area contributed by atoms with Crippen molar-refractivity contribution in [1.29, 1.82) is 0 Å². The number of carbonyl (C=O) groups is 1. The van der Waals surface area contributed by atoms with E-state index in [9.17, 15) is 13.2 Å². The van der Waals surface area contributed by atoms with E-state index in [-0.39, 0.29) is 29.7 Å². The number of benzene rings is 1. The maximum Gasteiger partial charge on any atom is 0.319 e. The number of sulfone groups is 1. The molecule has 6 nitrogen and oxygen atoms in total. The smallest absolute Gasteiger partial charge is 0.319 e. The summed E-state index contributed by atoms with van der Waals surface area (Å²) in [4.78, 5) is 11.1. The fourth-order valence-corrected chi connectivity index (χ4v) is 2.32. The van der Waals surface area contributed by atoms with Crippen LogP contribution in [0, 0.1) is 0 Å². The topological polar surface area (TPSA) is 92.7 Å². The van der Waals surface area contributed by atoms with Gasteiger partial charge in [-0.25, -0.2) is 8.42 Å². The van der Waals surface area contributed by atoms with Gasteiger partial charge in [0.05, 0.1) is 18.0 Å². The Labute approximate surface area is 106 Å². The molecule has 0 heterocycles. The molecule has 0 aromatic heterocycles. The zero-order chi connectivity index (χ0) is 13.6. The van der Waals surface area contributed by atoms with Crippen LogP contribution >= 0.6 is 0 Å². The molecule has 0 aliphatic carbocycles. The monoisotopic (exact) mass is 273 g/mol. The molecule has 0 saturated heterocycles. The van der Waals surface area contributed by atoms with E-state index in [0.717, 1.165) is 0 Å². The van der Waals surface area contributed by atoms with Crippen LogP contribution in [0.25, 0.3) is 0 Å². The minimum absolute atomic E-state index is 0.00608. The van der Waals surface area contributed by atoms with Crippen LogP contribution in [0.15, 0.2) is 29.2 Å². The summed E-state index contributed by atoms with van der Waals surface area (Å²) in [5, 5.41) is 11.6. The third kappa shape index (κ3) is 4.34. The van der Waals surface area contributed by atoms with Crippen LogP contribution in [0.2, 0.25) is 0 Å². The van der Waals surface area contributed by atoms with Crippen LogP contribution in [-0.2, 0) is 19.4 Å². The molecule has 2 N–H and O–H groups in total. The molecule has 1 aromatic carbocycles. The first-order valence-corrected chi connectivity index (χ1v) is 6.99. The Bertz CT molecular complexity index is 495. The lowest BCUT2D eigenvalue weighted by Gasteiger charge is -2.06. The van der Waals surface area contributed by atoms with E-state index in [1.807, 2.05) is 0 Å². The number of carbonyl (C=O) groups excluding carboxylic acids is 1. The Kier molecular flexibility index (Phi) is 5.11. The van der Waals surface area contributed by atoms with Crippen LogP contribution in [0.3, 0.4) is 0 Å². The lowest BCUT2D eigenvalue weighted by Crippen LogP contribution is -2.29. The molecule has 0 radical (unpaired) electrons. The number of aromatic hydroxyl groups is 1. The van der Waals surface area contributed by atoms with Gasteiger partial charge in [-0.3, -0.25) is 10.1 Å². The summed E-state index contributed by atoms with van der Waals surface area (Å²) in [6, 6.07) is 5.18. The highest BCUT2D eigenvalue weighted by molar-refractivity contribution is 7.91. The van der Waals surface area contributed by atoms with Gasteiger partial charge in [0.15, 0.2) is 9.84 Å². The molecule has 7 heteroatoms. The second-order valence-electron chi connectivity index (χ2n) is 3.48. The second-order valence-corrected chi connectivity index (χ2v) is 5.47. The number of phenols is 1. The van der Waals surface area contributed by atoms with Gasteiger partial charge in [-0.2, -0.15) is 0 Å². The molecule has 0 aliphatic heterocycles. The van der Waals surface area contributed by atoms with Crippen molar-refractivity contribution in [3.05, 3.63) is 24.3 Å². The number of ether oxygens (including phenoxy) is 1. The highest BCUT2D eigenvalue weighted by Crippen LogP contribution is 2.14. The average Bonchev–Trinajstić information content (AvgIpc) is 2.29. The third-order valence-corrected chi connectivity index (χ3v) is 3.64. The molecule has 1 aromatic rings. The SMILES string of the molecule is CCOC(=O)CNCS(=O)(=O)c1ccc(O)cc1. The highest BCUT2D eigenvalue weighted by Gasteiger charge is 2.14. The van der Waals surface area contributed by atoms with Gasteiger partial charge < -0.3 is 9.84 Å². The molecular weight excluding hydrogens is 258 g/mol. The quantitative estimate of drug-likeness (QED) is 0.723. The molecule has 1 rings (SSSR count). The van der Waals surface area contributed by atoms with Crippen molar-refractivity contribution >= 4 is 15.8 Å². The molecular formula is C11H15NO5S. The van der Waals surface area contributed by atoms with E-state index in [2.05, 4.69) is 10.1 Å². The van der Waals surface area contributed by atoms with E-state index in [0.29, 0.717) is 0 Å². The summed E-state index contributed by atoms with van der Waals surface area (Å²) >= 11 is 0. The van der Waals surface area contributed by atoms with Crippen molar-refractivity contribution < 1.29 is 23.1 Å². The first-order chi connectivity index (χ1) is 8.45. The van der Waals surface area contributed by atoms with Gasteiger partial charge in [-0.15, -0.1) is 0 Å². The van der Waals surface area contributed by atoms with Gasteiger partial charge in [0.2, 0.25) is 0 Å². The summed E-state index contributed by atoms with van der Waals surface area (Å²) in [6.45, 7) is 1.77. The van der Waals surface area contributed by atoms with Gasteiger partial charge in [-0.1, -0.05) is 0 Å².